The fourth-order valence-electron chi connectivity index (χ4n) is 3.80. The Hall–Kier alpha value is -2.43. The zero-order valence-corrected chi connectivity index (χ0v) is 18.2. The van der Waals surface area contributed by atoms with Crippen LogP contribution in [0.15, 0.2) is 53.4 Å². The van der Waals surface area contributed by atoms with Gasteiger partial charge in [-0.1, -0.05) is 29.8 Å². The lowest BCUT2D eigenvalue weighted by Crippen LogP contribution is -2.49. The standard InChI is InChI=1S/C22H24F3NO5S/c1-15-2-8-20(9-3-15)32(29,30)26-11-10-17(13-18(26)14-27)21(28)12-16-4-6-19(7-5-16)31-22(23,24)25/h2-9,17-18,27H,10-14H2,1H3/t17-,18-/m1/s1. The molecule has 32 heavy (non-hydrogen) atoms. The molecule has 1 fully saturated rings. The first kappa shape index (κ1) is 24.2. The van der Waals surface area contributed by atoms with Crippen LogP contribution in [0.3, 0.4) is 0 Å². The van der Waals surface area contributed by atoms with Crippen LogP contribution in [0.4, 0.5) is 13.2 Å². The molecule has 0 aromatic heterocycles. The monoisotopic (exact) mass is 471 g/mol. The number of sulfonamides is 1. The summed E-state index contributed by atoms with van der Waals surface area (Å²) in [5, 5.41) is 9.81. The van der Waals surface area contributed by atoms with Crippen LogP contribution in [0.1, 0.15) is 24.0 Å². The predicted molar refractivity (Wildman–Crippen MR) is 111 cm³/mol. The number of ether oxygens (including phenoxy) is 1. The van der Waals surface area contributed by atoms with Crippen molar-refractivity contribution in [1.82, 2.24) is 4.31 Å². The number of aliphatic hydroxyl groups excluding tert-OH is 1. The van der Waals surface area contributed by atoms with E-state index in [1.54, 1.807) is 12.1 Å². The van der Waals surface area contributed by atoms with Gasteiger partial charge in [0.05, 0.1) is 11.5 Å². The molecule has 6 nitrogen and oxygen atoms in total. The SMILES string of the molecule is Cc1ccc(S(=O)(=O)N2CC[C@@H](C(=O)Cc3ccc(OC(F)(F)F)cc3)C[C@@H]2CO)cc1. The zero-order valence-electron chi connectivity index (χ0n) is 17.4. The highest BCUT2D eigenvalue weighted by atomic mass is 32.2. The van der Waals surface area contributed by atoms with Crippen molar-refractivity contribution in [2.75, 3.05) is 13.2 Å². The van der Waals surface area contributed by atoms with Gasteiger partial charge in [0.1, 0.15) is 11.5 Å². The molecule has 1 aliphatic heterocycles. The van der Waals surface area contributed by atoms with Crippen LogP contribution in [-0.4, -0.2) is 49.2 Å². The molecule has 2 aromatic rings. The van der Waals surface area contributed by atoms with Gasteiger partial charge in [0.2, 0.25) is 10.0 Å². The maximum absolute atomic E-state index is 13.0. The first-order chi connectivity index (χ1) is 15.0. The van der Waals surface area contributed by atoms with Crippen molar-refractivity contribution in [2.45, 2.75) is 43.5 Å². The summed E-state index contributed by atoms with van der Waals surface area (Å²) >= 11 is 0. The average Bonchev–Trinajstić information content (AvgIpc) is 2.74. The molecule has 0 aliphatic carbocycles. The Labute approximate surface area is 184 Å². The molecular weight excluding hydrogens is 447 g/mol. The number of nitrogens with zero attached hydrogens (tertiary/aromatic N) is 1. The van der Waals surface area contributed by atoms with Crippen LogP contribution in [0.5, 0.6) is 5.75 Å². The maximum atomic E-state index is 13.0. The summed E-state index contributed by atoms with van der Waals surface area (Å²) in [5.41, 5.74) is 1.45. The summed E-state index contributed by atoms with van der Waals surface area (Å²) in [4.78, 5) is 12.9. The third kappa shape index (κ3) is 5.87. The lowest BCUT2D eigenvalue weighted by atomic mass is 9.86. The van der Waals surface area contributed by atoms with Gasteiger partial charge in [0.25, 0.3) is 0 Å². The third-order valence-corrected chi connectivity index (χ3v) is 7.46. The maximum Gasteiger partial charge on any atom is 0.573 e. The summed E-state index contributed by atoms with van der Waals surface area (Å²) in [7, 11) is -3.81. The number of piperidine rings is 1. The number of benzene rings is 2. The highest BCUT2D eigenvalue weighted by Crippen LogP contribution is 2.30. The molecule has 0 radical (unpaired) electrons. The Bertz CT molecular complexity index is 1040. The van der Waals surface area contributed by atoms with Crippen LogP contribution in [0.25, 0.3) is 0 Å². The summed E-state index contributed by atoms with van der Waals surface area (Å²) < 4.78 is 67.9. The van der Waals surface area contributed by atoms with Crippen LogP contribution in [0.2, 0.25) is 0 Å². The van der Waals surface area contributed by atoms with Gasteiger partial charge >= 0.3 is 6.36 Å². The van der Waals surface area contributed by atoms with Crippen LogP contribution in [-0.2, 0) is 21.2 Å². The van der Waals surface area contributed by atoms with E-state index >= 15 is 0 Å². The van der Waals surface area contributed by atoms with Crippen molar-refractivity contribution < 1.29 is 36.2 Å². The van der Waals surface area contributed by atoms with E-state index in [1.165, 1.54) is 28.6 Å². The average molecular weight is 471 g/mol. The summed E-state index contributed by atoms with van der Waals surface area (Å²) in [6, 6.07) is 10.8. The smallest absolute Gasteiger partial charge is 0.406 e. The Morgan fingerprint density at radius 2 is 1.75 bits per heavy atom. The number of carbonyl (C=O) groups excluding carboxylic acids is 1. The summed E-state index contributed by atoms with van der Waals surface area (Å²) in [6.45, 7) is 1.52. The molecule has 0 bridgehead atoms. The third-order valence-electron chi connectivity index (χ3n) is 5.49. The Morgan fingerprint density at radius 1 is 1.12 bits per heavy atom. The second kappa shape index (κ2) is 9.60. The van der Waals surface area contributed by atoms with Gasteiger partial charge in [0.15, 0.2) is 0 Å². The normalized spacial score (nSPS) is 20.2. The first-order valence-electron chi connectivity index (χ1n) is 10.1. The first-order valence-corrected chi connectivity index (χ1v) is 11.5. The number of hydrogen-bond donors (Lipinski definition) is 1. The minimum atomic E-state index is -4.79. The lowest BCUT2D eigenvalue weighted by molar-refractivity contribution is -0.274. The molecule has 0 saturated carbocycles. The van der Waals surface area contributed by atoms with Crippen molar-refractivity contribution in [3.63, 3.8) is 0 Å². The van der Waals surface area contributed by atoms with E-state index in [9.17, 15) is 31.5 Å². The van der Waals surface area contributed by atoms with Gasteiger partial charge in [-0.25, -0.2) is 8.42 Å². The largest absolute Gasteiger partial charge is 0.573 e. The van der Waals surface area contributed by atoms with Crippen molar-refractivity contribution in [3.05, 3.63) is 59.7 Å². The van der Waals surface area contributed by atoms with Gasteiger partial charge in [-0.3, -0.25) is 4.79 Å². The number of alkyl halides is 3. The van der Waals surface area contributed by atoms with Crippen molar-refractivity contribution >= 4 is 15.8 Å². The topological polar surface area (TPSA) is 83.9 Å². The molecule has 2 aromatic carbocycles. The van der Waals surface area contributed by atoms with Gasteiger partial charge in [0, 0.05) is 24.9 Å². The van der Waals surface area contributed by atoms with Crippen molar-refractivity contribution in [1.29, 1.82) is 0 Å². The molecule has 174 valence electrons. The van der Waals surface area contributed by atoms with Gasteiger partial charge in [-0.2, -0.15) is 4.31 Å². The van der Waals surface area contributed by atoms with Crippen molar-refractivity contribution in [3.8, 4) is 5.75 Å². The predicted octanol–water partition coefficient (Wildman–Crippen LogP) is 3.47. The van der Waals surface area contributed by atoms with Crippen LogP contribution < -0.4 is 4.74 Å². The molecule has 3 rings (SSSR count). The molecule has 1 saturated heterocycles. The van der Waals surface area contributed by atoms with Gasteiger partial charge in [-0.05, 0) is 49.6 Å². The number of Topliss-reactive ketones (excluding diaryl/α,β-unsaturated/α-hetero) is 1. The summed E-state index contributed by atoms with van der Waals surface area (Å²) in [5.74, 6) is -0.980. The van der Waals surface area contributed by atoms with Crippen LogP contribution >= 0.6 is 0 Å². The summed E-state index contributed by atoms with van der Waals surface area (Å²) in [6.07, 6.45) is -4.31. The molecule has 0 spiro atoms. The van der Waals surface area contributed by atoms with E-state index in [0.29, 0.717) is 12.0 Å². The minimum Gasteiger partial charge on any atom is -0.406 e. The molecule has 1 aliphatic rings. The molecule has 2 atom stereocenters. The number of rotatable bonds is 7. The number of hydrogen-bond acceptors (Lipinski definition) is 5. The lowest BCUT2D eigenvalue weighted by Gasteiger charge is -2.37. The number of halogens is 3. The van der Waals surface area contributed by atoms with Gasteiger partial charge < -0.3 is 9.84 Å². The zero-order chi connectivity index (χ0) is 23.5. The molecular formula is C22H24F3NO5S. The number of aryl methyl sites for hydroxylation is 1. The van der Waals surface area contributed by atoms with E-state index in [4.69, 9.17) is 0 Å². The van der Waals surface area contributed by atoms with E-state index in [0.717, 1.165) is 17.7 Å². The fraction of sp³-hybridized carbons (Fsp3) is 0.409. The van der Waals surface area contributed by atoms with Crippen LogP contribution in [0, 0.1) is 12.8 Å². The van der Waals surface area contributed by atoms with Crippen molar-refractivity contribution in [2.24, 2.45) is 5.92 Å². The molecule has 10 heteroatoms. The highest BCUT2D eigenvalue weighted by Gasteiger charge is 2.38. The second-order valence-corrected chi connectivity index (χ2v) is 9.71. The van der Waals surface area contributed by atoms with Gasteiger partial charge in [-0.15, -0.1) is 13.2 Å². The molecule has 0 unspecified atom stereocenters. The Balaban J connectivity index is 1.65. The quantitative estimate of drug-likeness (QED) is 0.669. The van der Waals surface area contributed by atoms with E-state index in [-0.39, 0.29) is 35.8 Å². The molecule has 1 N–H and O–H groups in total. The second-order valence-electron chi connectivity index (χ2n) is 7.82. The molecule has 0 amide bonds. The highest BCUT2D eigenvalue weighted by molar-refractivity contribution is 7.89. The fourth-order valence-corrected chi connectivity index (χ4v) is 5.45. The number of aliphatic hydroxyl groups is 1. The van der Waals surface area contributed by atoms with E-state index in [2.05, 4.69) is 4.74 Å². The molecule has 1 heterocycles. The van der Waals surface area contributed by atoms with E-state index in [1.807, 2.05) is 6.92 Å². The Morgan fingerprint density at radius 3 is 2.31 bits per heavy atom. The number of ketones is 1. The number of carbonyl (C=O) groups is 1. The minimum absolute atomic E-state index is 0.000173. The van der Waals surface area contributed by atoms with E-state index < -0.39 is 35.0 Å². The Kier molecular flexibility index (Phi) is 7.26.